The van der Waals surface area contributed by atoms with E-state index in [9.17, 15) is 9.59 Å². The Morgan fingerprint density at radius 2 is 2.00 bits per heavy atom. The van der Waals surface area contributed by atoms with Crippen LogP contribution in [0.3, 0.4) is 0 Å². The van der Waals surface area contributed by atoms with E-state index in [2.05, 4.69) is 0 Å². The highest BCUT2D eigenvalue weighted by Gasteiger charge is 2.21. The standard InChI is InChI=1S/C14H18N2O3/c1-15(14(18)12-7-3-2-4-8-12)11-13(17)16-9-5-6-10-19-16/h2-4,7-8H,5-6,9-11H2,1H3. The predicted octanol–water partition coefficient (Wildman–Crippen LogP) is 1.31. The largest absolute Gasteiger partial charge is 0.332 e. The van der Waals surface area contributed by atoms with Gasteiger partial charge >= 0.3 is 0 Å². The molecule has 1 aliphatic rings. The van der Waals surface area contributed by atoms with E-state index in [1.807, 2.05) is 6.07 Å². The topological polar surface area (TPSA) is 49.9 Å². The number of carbonyl (C=O) groups is 2. The molecule has 0 radical (unpaired) electrons. The molecule has 19 heavy (non-hydrogen) atoms. The molecule has 1 saturated heterocycles. The molecule has 0 atom stereocenters. The summed E-state index contributed by atoms with van der Waals surface area (Å²) < 4.78 is 0. The molecule has 2 amide bonds. The maximum absolute atomic E-state index is 12.1. The molecule has 5 heteroatoms. The molecule has 0 saturated carbocycles. The van der Waals surface area contributed by atoms with Crippen LogP contribution in [-0.4, -0.2) is 48.5 Å². The van der Waals surface area contributed by atoms with Crippen molar-refractivity contribution < 1.29 is 14.4 Å². The van der Waals surface area contributed by atoms with Gasteiger partial charge in [-0.25, -0.2) is 5.06 Å². The number of likely N-dealkylation sites (N-methyl/N-ethyl adjacent to an activating group) is 1. The molecule has 102 valence electrons. The van der Waals surface area contributed by atoms with E-state index in [0.29, 0.717) is 18.7 Å². The zero-order valence-corrected chi connectivity index (χ0v) is 11.0. The summed E-state index contributed by atoms with van der Waals surface area (Å²) in [5, 5.41) is 1.36. The van der Waals surface area contributed by atoms with Gasteiger partial charge in [0.05, 0.1) is 6.61 Å². The smallest absolute Gasteiger partial charge is 0.265 e. The van der Waals surface area contributed by atoms with E-state index in [1.165, 1.54) is 9.96 Å². The van der Waals surface area contributed by atoms with Gasteiger partial charge in [0.1, 0.15) is 6.54 Å². The summed E-state index contributed by atoms with van der Waals surface area (Å²) in [6.07, 6.45) is 1.92. The molecule has 0 unspecified atom stereocenters. The Labute approximate surface area is 112 Å². The van der Waals surface area contributed by atoms with E-state index >= 15 is 0 Å². The summed E-state index contributed by atoms with van der Waals surface area (Å²) in [6, 6.07) is 8.93. The van der Waals surface area contributed by atoms with Gasteiger partial charge in [0.2, 0.25) is 0 Å². The summed E-state index contributed by atoms with van der Waals surface area (Å²) in [5.74, 6) is -0.336. The van der Waals surface area contributed by atoms with Gasteiger partial charge in [0.15, 0.2) is 0 Å². The summed E-state index contributed by atoms with van der Waals surface area (Å²) in [6.45, 7) is 1.21. The Kier molecular flexibility index (Phi) is 4.52. The molecule has 0 N–H and O–H groups in total. The molecule has 0 bridgehead atoms. The molecule has 0 aromatic heterocycles. The van der Waals surface area contributed by atoms with Crippen molar-refractivity contribution >= 4 is 11.8 Å². The van der Waals surface area contributed by atoms with Crippen molar-refractivity contribution in [1.82, 2.24) is 9.96 Å². The van der Waals surface area contributed by atoms with E-state index < -0.39 is 0 Å². The number of hydrogen-bond acceptors (Lipinski definition) is 3. The van der Waals surface area contributed by atoms with E-state index in [0.717, 1.165) is 12.8 Å². The van der Waals surface area contributed by atoms with Crippen molar-refractivity contribution in [2.24, 2.45) is 0 Å². The van der Waals surface area contributed by atoms with Gasteiger partial charge in [-0.2, -0.15) is 0 Å². The van der Waals surface area contributed by atoms with Crippen molar-refractivity contribution in [1.29, 1.82) is 0 Å². The number of hydrogen-bond donors (Lipinski definition) is 0. The first-order valence-corrected chi connectivity index (χ1v) is 6.42. The van der Waals surface area contributed by atoms with Crippen LogP contribution < -0.4 is 0 Å². The van der Waals surface area contributed by atoms with Crippen molar-refractivity contribution in [3.63, 3.8) is 0 Å². The van der Waals surface area contributed by atoms with E-state index in [4.69, 9.17) is 4.84 Å². The normalized spacial score (nSPS) is 15.1. The highest BCUT2D eigenvalue weighted by atomic mass is 16.7. The number of benzene rings is 1. The Bertz CT molecular complexity index is 441. The lowest BCUT2D eigenvalue weighted by molar-refractivity contribution is -0.197. The molecule has 1 aromatic carbocycles. The van der Waals surface area contributed by atoms with Gasteiger partial charge in [0.25, 0.3) is 11.8 Å². The summed E-state index contributed by atoms with van der Waals surface area (Å²) in [4.78, 5) is 30.7. The highest BCUT2D eigenvalue weighted by Crippen LogP contribution is 2.08. The number of hydroxylamine groups is 2. The van der Waals surface area contributed by atoms with Crippen molar-refractivity contribution in [3.8, 4) is 0 Å². The lowest BCUT2D eigenvalue weighted by Crippen LogP contribution is -2.43. The van der Waals surface area contributed by atoms with E-state index in [-0.39, 0.29) is 18.4 Å². The molecular weight excluding hydrogens is 244 g/mol. The first kappa shape index (κ1) is 13.5. The fourth-order valence-corrected chi connectivity index (χ4v) is 1.95. The van der Waals surface area contributed by atoms with Gasteiger partial charge in [-0.1, -0.05) is 18.2 Å². The third kappa shape index (κ3) is 3.54. The number of amides is 2. The van der Waals surface area contributed by atoms with Crippen LogP contribution in [0, 0.1) is 0 Å². The van der Waals surface area contributed by atoms with Crippen LogP contribution in [-0.2, 0) is 9.63 Å². The van der Waals surface area contributed by atoms with Crippen LogP contribution >= 0.6 is 0 Å². The van der Waals surface area contributed by atoms with Crippen LogP contribution in [0.1, 0.15) is 23.2 Å². The molecular formula is C14H18N2O3. The quantitative estimate of drug-likeness (QED) is 0.825. The van der Waals surface area contributed by atoms with Crippen LogP contribution in [0.15, 0.2) is 30.3 Å². The lowest BCUT2D eigenvalue weighted by atomic mass is 10.2. The Hall–Kier alpha value is -1.88. The minimum Gasteiger partial charge on any atom is -0.332 e. The average Bonchev–Trinajstić information content (AvgIpc) is 2.48. The summed E-state index contributed by atoms with van der Waals surface area (Å²) in [5.41, 5.74) is 0.581. The summed E-state index contributed by atoms with van der Waals surface area (Å²) >= 11 is 0. The van der Waals surface area contributed by atoms with Crippen molar-refractivity contribution in [2.45, 2.75) is 12.8 Å². The zero-order chi connectivity index (χ0) is 13.7. The summed E-state index contributed by atoms with van der Waals surface area (Å²) in [7, 11) is 1.62. The maximum Gasteiger partial charge on any atom is 0.265 e. The number of nitrogens with zero attached hydrogens (tertiary/aromatic N) is 2. The highest BCUT2D eigenvalue weighted by molar-refractivity contribution is 5.96. The third-order valence-corrected chi connectivity index (χ3v) is 3.02. The molecule has 0 spiro atoms. The average molecular weight is 262 g/mol. The predicted molar refractivity (Wildman–Crippen MR) is 70.3 cm³/mol. The minimum absolute atomic E-state index is 0.0354. The lowest BCUT2D eigenvalue weighted by Gasteiger charge is -2.27. The van der Waals surface area contributed by atoms with Crippen molar-refractivity contribution in [3.05, 3.63) is 35.9 Å². The monoisotopic (exact) mass is 262 g/mol. The van der Waals surface area contributed by atoms with Gasteiger partial charge in [-0.05, 0) is 25.0 Å². The fraction of sp³-hybridized carbons (Fsp3) is 0.429. The van der Waals surface area contributed by atoms with Gasteiger partial charge < -0.3 is 4.90 Å². The Morgan fingerprint density at radius 3 is 2.63 bits per heavy atom. The molecule has 2 rings (SSSR count). The van der Waals surface area contributed by atoms with Gasteiger partial charge in [-0.15, -0.1) is 0 Å². The van der Waals surface area contributed by atoms with Crippen LogP contribution in [0.5, 0.6) is 0 Å². The molecule has 1 aliphatic heterocycles. The molecule has 1 heterocycles. The first-order valence-electron chi connectivity index (χ1n) is 6.42. The zero-order valence-electron chi connectivity index (χ0n) is 11.0. The SMILES string of the molecule is CN(CC(=O)N1CCCCO1)C(=O)c1ccccc1. The Balaban J connectivity index is 1.91. The van der Waals surface area contributed by atoms with Gasteiger partial charge in [-0.3, -0.25) is 14.4 Å². The molecule has 0 aliphatic carbocycles. The Morgan fingerprint density at radius 1 is 1.26 bits per heavy atom. The first-order chi connectivity index (χ1) is 9.18. The maximum atomic E-state index is 12.1. The second-order valence-electron chi connectivity index (χ2n) is 4.56. The molecule has 5 nitrogen and oxygen atoms in total. The second kappa shape index (κ2) is 6.33. The minimum atomic E-state index is -0.175. The third-order valence-electron chi connectivity index (χ3n) is 3.02. The van der Waals surface area contributed by atoms with Crippen molar-refractivity contribution in [2.75, 3.05) is 26.7 Å². The van der Waals surface area contributed by atoms with Crippen LogP contribution in [0.25, 0.3) is 0 Å². The number of carbonyl (C=O) groups excluding carboxylic acids is 2. The molecule has 1 aromatic rings. The van der Waals surface area contributed by atoms with Gasteiger partial charge in [0, 0.05) is 19.2 Å². The fourth-order valence-electron chi connectivity index (χ4n) is 1.95. The van der Waals surface area contributed by atoms with Crippen LogP contribution in [0.2, 0.25) is 0 Å². The number of rotatable bonds is 3. The van der Waals surface area contributed by atoms with Crippen LogP contribution in [0.4, 0.5) is 0 Å². The molecule has 1 fully saturated rings. The van der Waals surface area contributed by atoms with E-state index in [1.54, 1.807) is 31.3 Å². The second-order valence-corrected chi connectivity index (χ2v) is 4.56.